The van der Waals surface area contributed by atoms with E-state index >= 15 is 0 Å². The van der Waals surface area contributed by atoms with Crippen LogP contribution in [0.2, 0.25) is 0 Å². The van der Waals surface area contributed by atoms with Crippen LogP contribution in [0.1, 0.15) is 26.7 Å². The average molecular weight is 285 g/mol. The number of hydrogen-bond acceptors (Lipinski definition) is 1. The summed E-state index contributed by atoms with van der Waals surface area (Å²) in [6.45, 7) is 4.83. The van der Waals surface area contributed by atoms with E-state index in [1.165, 1.54) is 33.6 Å². The van der Waals surface area contributed by atoms with Gasteiger partial charge >= 0.3 is 0 Å². The molecular formula is C21H19N. The van der Waals surface area contributed by atoms with Crippen LogP contribution in [-0.2, 0) is 0 Å². The van der Waals surface area contributed by atoms with Crippen LogP contribution in [0.3, 0.4) is 0 Å². The highest BCUT2D eigenvalue weighted by atomic mass is 14.8. The fourth-order valence-corrected chi connectivity index (χ4v) is 4.99. The Morgan fingerprint density at radius 1 is 0.864 bits per heavy atom. The maximum absolute atomic E-state index is 4.83. The van der Waals surface area contributed by atoms with Gasteiger partial charge in [0, 0.05) is 17.0 Å². The molecule has 0 saturated heterocycles. The lowest BCUT2D eigenvalue weighted by atomic mass is 9.45. The van der Waals surface area contributed by atoms with Gasteiger partial charge in [-0.15, -0.1) is 0 Å². The lowest BCUT2D eigenvalue weighted by Gasteiger charge is -2.58. The van der Waals surface area contributed by atoms with E-state index in [0.717, 1.165) is 12.8 Å². The highest BCUT2D eigenvalue weighted by molar-refractivity contribution is 5.75. The molecule has 0 saturated carbocycles. The number of aliphatic imine (C=N–C) groups is 1. The van der Waals surface area contributed by atoms with Gasteiger partial charge in [0.2, 0.25) is 0 Å². The predicted molar refractivity (Wildman–Crippen MR) is 91.6 cm³/mol. The number of rotatable bonds is 0. The van der Waals surface area contributed by atoms with E-state index in [1.807, 2.05) is 0 Å². The lowest BCUT2D eigenvalue weighted by Crippen LogP contribution is -2.49. The molecule has 0 fully saturated rings. The zero-order valence-corrected chi connectivity index (χ0v) is 13.1. The third kappa shape index (κ3) is 1.13. The fourth-order valence-electron chi connectivity index (χ4n) is 4.99. The summed E-state index contributed by atoms with van der Waals surface area (Å²) in [7, 11) is 0. The summed E-state index contributed by atoms with van der Waals surface area (Å²) in [6, 6.07) is 0. The monoisotopic (exact) mass is 285 g/mol. The van der Waals surface area contributed by atoms with E-state index in [1.54, 1.807) is 0 Å². The molecule has 0 aromatic rings. The maximum atomic E-state index is 4.83. The summed E-state index contributed by atoms with van der Waals surface area (Å²) in [5, 5.41) is 0. The summed E-state index contributed by atoms with van der Waals surface area (Å²) in [5.74, 6) is 0. The lowest BCUT2D eigenvalue weighted by molar-refractivity contribution is 0.240. The van der Waals surface area contributed by atoms with Crippen LogP contribution in [0, 0.1) is 10.8 Å². The number of allylic oxidation sites excluding steroid dienone is 13. The first-order valence-electron chi connectivity index (χ1n) is 8.14. The molecule has 4 aliphatic carbocycles. The van der Waals surface area contributed by atoms with Crippen molar-refractivity contribution in [2.75, 3.05) is 0 Å². The zero-order chi connectivity index (χ0) is 14.9. The molecule has 0 amide bonds. The van der Waals surface area contributed by atoms with Crippen molar-refractivity contribution in [2.45, 2.75) is 26.7 Å². The van der Waals surface area contributed by atoms with Crippen LogP contribution in [0.15, 0.2) is 87.2 Å². The Hall–Kier alpha value is -2.15. The SMILES string of the molecule is C[C@@]12C3=CC=C4C=CC=C(C5=C(CCC=N5)C1=CC=C3)[C@@]42C. The van der Waals surface area contributed by atoms with Crippen LogP contribution in [0.25, 0.3) is 0 Å². The van der Waals surface area contributed by atoms with Gasteiger partial charge in [-0.25, -0.2) is 0 Å². The van der Waals surface area contributed by atoms with E-state index in [4.69, 9.17) is 4.99 Å². The minimum Gasteiger partial charge on any atom is -0.261 e. The molecule has 0 aromatic carbocycles. The second-order valence-corrected chi connectivity index (χ2v) is 7.05. The largest absolute Gasteiger partial charge is 0.261 e. The third-order valence-electron chi connectivity index (χ3n) is 6.36. The van der Waals surface area contributed by atoms with E-state index < -0.39 is 0 Å². The van der Waals surface area contributed by atoms with Gasteiger partial charge < -0.3 is 0 Å². The van der Waals surface area contributed by atoms with Gasteiger partial charge in [0.1, 0.15) is 0 Å². The summed E-state index contributed by atoms with van der Waals surface area (Å²) < 4.78 is 0. The molecule has 1 nitrogen and oxygen atoms in total. The van der Waals surface area contributed by atoms with Gasteiger partial charge in [-0.05, 0) is 40.7 Å². The van der Waals surface area contributed by atoms with Crippen molar-refractivity contribution < 1.29 is 0 Å². The molecule has 1 aliphatic heterocycles. The Morgan fingerprint density at radius 2 is 1.50 bits per heavy atom. The molecule has 1 heterocycles. The smallest absolute Gasteiger partial charge is 0.0702 e. The molecule has 22 heavy (non-hydrogen) atoms. The van der Waals surface area contributed by atoms with Crippen molar-refractivity contribution in [1.82, 2.24) is 0 Å². The van der Waals surface area contributed by atoms with E-state index in [-0.39, 0.29) is 10.8 Å². The molecule has 108 valence electrons. The van der Waals surface area contributed by atoms with E-state index in [2.05, 4.69) is 68.7 Å². The number of fused-ring (bicyclic) bond motifs is 2. The van der Waals surface area contributed by atoms with Crippen molar-refractivity contribution >= 4 is 6.21 Å². The topological polar surface area (TPSA) is 12.4 Å². The Kier molecular flexibility index (Phi) is 2.13. The van der Waals surface area contributed by atoms with Crippen molar-refractivity contribution in [2.24, 2.45) is 15.8 Å². The molecule has 2 atom stereocenters. The maximum Gasteiger partial charge on any atom is 0.0702 e. The van der Waals surface area contributed by atoms with Gasteiger partial charge in [0.05, 0.1) is 5.70 Å². The molecular weight excluding hydrogens is 266 g/mol. The van der Waals surface area contributed by atoms with E-state index in [9.17, 15) is 0 Å². The zero-order valence-electron chi connectivity index (χ0n) is 13.1. The Bertz CT molecular complexity index is 850. The van der Waals surface area contributed by atoms with Crippen molar-refractivity contribution in [3.8, 4) is 0 Å². The Morgan fingerprint density at radius 3 is 2.23 bits per heavy atom. The minimum absolute atomic E-state index is 0.0179. The summed E-state index contributed by atoms with van der Waals surface area (Å²) >= 11 is 0. The molecule has 0 spiro atoms. The van der Waals surface area contributed by atoms with Gasteiger partial charge in [-0.1, -0.05) is 62.5 Å². The van der Waals surface area contributed by atoms with Crippen LogP contribution in [-0.4, -0.2) is 6.21 Å². The summed E-state index contributed by atoms with van der Waals surface area (Å²) in [4.78, 5) is 4.83. The quantitative estimate of drug-likeness (QED) is 0.594. The van der Waals surface area contributed by atoms with Gasteiger partial charge in [0.25, 0.3) is 0 Å². The fraction of sp³-hybridized carbons (Fsp3) is 0.286. The number of nitrogens with zero attached hydrogens (tertiary/aromatic N) is 1. The average Bonchev–Trinajstić information content (AvgIpc) is 2.54. The summed E-state index contributed by atoms with van der Waals surface area (Å²) in [5.41, 5.74) is 8.40. The second-order valence-electron chi connectivity index (χ2n) is 7.05. The highest BCUT2D eigenvalue weighted by Gasteiger charge is 2.58. The van der Waals surface area contributed by atoms with Gasteiger partial charge in [-0.2, -0.15) is 0 Å². The Labute approximate surface area is 131 Å². The molecule has 1 heteroatoms. The normalized spacial score (nSPS) is 37.0. The molecule has 5 aliphatic rings. The first-order valence-corrected chi connectivity index (χ1v) is 8.14. The van der Waals surface area contributed by atoms with E-state index in [0.29, 0.717) is 0 Å². The molecule has 0 N–H and O–H groups in total. The van der Waals surface area contributed by atoms with Crippen molar-refractivity contribution in [3.05, 3.63) is 82.2 Å². The van der Waals surface area contributed by atoms with Crippen LogP contribution >= 0.6 is 0 Å². The first kappa shape index (κ1) is 12.4. The number of hydrogen-bond donors (Lipinski definition) is 0. The molecule has 0 unspecified atom stereocenters. The van der Waals surface area contributed by atoms with Crippen molar-refractivity contribution in [3.63, 3.8) is 0 Å². The second kappa shape index (κ2) is 3.78. The van der Waals surface area contributed by atoms with Gasteiger partial charge in [0.15, 0.2) is 0 Å². The standard InChI is InChI=1S/C21H19N/c1-20-14-6-3-9-17(20)16-8-5-13-22-19(16)18-10-4-7-15(12-11-14)21(18,20)2/h3-4,6-7,9-13H,5,8H2,1-2H3/t20-,21-/m1/s1. The highest BCUT2D eigenvalue weighted by Crippen LogP contribution is 2.68. The Balaban J connectivity index is 1.96. The van der Waals surface area contributed by atoms with Crippen LogP contribution in [0.4, 0.5) is 0 Å². The van der Waals surface area contributed by atoms with Crippen LogP contribution in [0.5, 0.6) is 0 Å². The minimum atomic E-state index is -0.0179. The van der Waals surface area contributed by atoms with Crippen LogP contribution < -0.4 is 0 Å². The predicted octanol–water partition coefficient (Wildman–Crippen LogP) is 4.99. The molecule has 0 radical (unpaired) electrons. The molecule has 5 rings (SSSR count). The van der Waals surface area contributed by atoms with Gasteiger partial charge in [-0.3, -0.25) is 4.99 Å². The molecule has 0 bridgehead atoms. The third-order valence-corrected chi connectivity index (χ3v) is 6.36. The summed E-state index contributed by atoms with van der Waals surface area (Å²) in [6.07, 6.45) is 22.4. The first-order chi connectivity index (χ1) is 10.7. The molecule has 0 aromatic heterocycles. The van der Waals surface area contributed by atoms with Crippen molar-refractivity contribution in [1.29, 1.82) is 0 Å².